The standard InChI is InChI=1S/C85H56B2N6Se2/c1-9-30-57(31-10-1)85-88-82-67(46-29-51-74(82)93(85)64-44-23-8-24-45-64)79-83-70(86-68-47-25-27-49-72(68)91(62-40-19-6-20-41-62)75-52-65(54-77(94-83)80(75)86)89(58-32-11-2-12-33-58)59-34-13-3-14-35-59)56-71-84(79)95-78-55-66(90(60-36-15-4-16-37-60)61-38-17-5-18-39-61)53-76-81(78)87(71)69-48-26-28-50-73(69)92(76)63-42-21-7-22-43-63/h1-56H. The summed E-state index contributed by atoms with van der Waals surface area (Å²) in [6, 6.07) is 126. The van der Waals surface area contributed by atoms with Crippen molar-refractivity contribution in [3.05, 3.63) is 340 Å². The Bertz CT molecular complexity index is 5120. The Morgan fingerprint density at radius 2 is 0.684 bits per heavy atom. The Morgan fingerprint density at radius 1 is 0.305 bits per heavy atom. The summed E-state index contributed by atoms with van der Waals surface area (Å²) in [5.41, 5.74) is 28.6. The molecule has 444 valence electrons. The fourth-order valence-electron chi connectivity index (χ4n) is 15.3. The third-order valence-corrected chi connectivity index (χ3v) is 24.2. The second kappa shape index (κ2) is 22.9. The van der Waals surface area contributed by atoms with Crippen LogP contribution in [0.3, 0.4) is 0 Å². The van der Waals surface area contributed by atoms with Crippen LogP contribution in [-0.4, -0.2) is 52.9 Å². The molecule has 0 fully saturated rings. The molecule has 4 aliphatic heterocycles. The molecule has 0 spiro atoms. The zero-order valence-corrected chi connectivity index (χ0v) is 54.9. The number of para-hydroxylation sites is 10. The zero-order valence-electron chi connectivity index (χ0n) is 51.5. The molecule has 0 bridgehead atoms. The van der Waals surface area contributed by atoms with Crippen LogP contribution in [0.4, 0.5) is 68.2 Å². The first kappa shape index (κ1) is 55.5. The van der Waals surface area contributed by atoms with Crippen molar-refractivity contribution in [1.82, 2.24) is 9.55 Å². The molecule has 0 aliphatic carbocycles. The molecule has 0 saturated carbocycles. The van der Waals surface area contributed by atoms with Gasteiger partial charge in [-0.2, -0.15) is 0 Å². The van der Waals surface area contributed by atoms with Crippen molar-refractivity contribution in [2.75, 3.05) is 19.6 Å². The van der Waals surface area contributed by atoms with Crippen molar-refractivity contribution in [2.45, 2.75) is 0 Å². The van der Waals surface area contributed by atoms with Crippen LogP contribution >= 0.6 is 0 Å². The molecule has 95 heavy (non-hydrogen) atoms. The van der Waals surface area contributed by atoms with E-state index in [1.807, 2.05) is 0 Å². The predicted octanol–water partition coefficient (Wildman–Crippen LogP) is 13.8. The maximum atomic E-state index is 5.97. The molecule has 6 nitrogen and oxygen atoms in total. The Morgan fingerprint density at radius 3 is 1.12 bits per heavy atom. The second-order valence-electron chi connectivity index (χ2n) is 24.5. The number of aromatic nitrogens is 2. The first-order chi connectivity index (χ1) is 47.2. The Balaban J connectivity index is 0.944. The van der Waals surface area contributed by atoms with Gasteiger partial charge in [0.25, 0.3) is 0 Å². The second-order valence-corrected chi connectivity index (χ2v) is 28.9. The molecule has 0 saturated heterocycles. The number of benzene rings is 14. The van der Waals surface area contributed by atoms with E-state index in [0.717, 1.165) is 73.6 Å². The Labute approximate surface area is 566 Å². The van der Waals surface area contributed by atoms with E-state index in [0.29, 0.717) is 0 Å². The van der Waals surface area contributed by atoms with Gasteiger partial charge in [-0.3, -0.25) is 0 Å². The average molecular weight is 1340 g/mol. The van der Waals surface area contributed by atoms with Gasteiger partial charge in [-0.25, -0.2) is 0 Å². The van der Waals surface area contributed by atoms with Crippen LogP contribution in [-0.2, 0) is 0 Å². The Kier molecular flexibility index (Phi) is 13.4. The van der Waals surface area contributed by atoms with Crippen molar-refractivity contribution in [1.29, 1.82) is 0 Å². The van der Waals surface area contributed by atoms with E-state index in [1.165, 1.54) is 84.5 Å². The van der Waals surface area contributed by atoms with Crippen LogP contribution < -0.4 is 70.2 Å². The summed E-state index contributed by atoms with van der Waals surface area (Å²) in [5.74, 6) is 0.918. The minimum absolute atomic E-state index is 0.108. The summed E-state index contributed by atoms with van der Waals surface area (Å²) in [6.07, 6.45) is 0. The van der Waals surface area contributed by atoms with E-state index in [2.05, 4.69) is 364 Å². The molecule has 0 N–H and O–H groups in total. The molecule has 0 atom stereocenters. The van der Waals surface area contributed by atoms with Crippen LogP contribution in [0.25, 0.3) is 39.2 Å². The van der Waals surface area contributed by atoms with Crippen LogP contribution in [0.1, 0.15) is 0 Å². The zero-order chi connectivity index (χ0) is 62.5. The third kappa shape index (κ3) is 9.05. The number of hydrogen-bond acceptors (Lipinski definition) is 5. The van der Waals surface area contributed by atoms with Gasteiger partial charge >= 0.3 is 570 Å². The summed E-state index contributed by atoms with van der Waals surface area (Å²) in [6.45, 7) is -0.216. The Hall–Kier alpha value is -11.1. The summed E-state index contributed by atoms with van der Waals surface area (Å²) in [5, 5.41) is 0. The van der Waals surface area contributed by atoms with E-state index in [1.54, 1.807) is 0 Å². The molecule has 5 heterocycles. The van der Waals surface area contributed by atoms with Gasteiger partial charge in [0.1, 0.15) is 0 Å². The number of hydrogen-bond donors (Lipinski definition) is 0. The third-order valence-electron chi connectivity index (χ3n) is 19.2. The van der Waals surface area contributed by atoms with E-state index in [9.17, 15) is 0 Å². The van der Waals surface area contributed by atoms with Gasteiger partial charge in [-0.15, -0.1) is 0 Å². The van der Waals surface area contributed by atoms with Crippen LogP contribution in [0, 0.1) is 0 Å². The summed E-state index contributed by atoms with van der Waals surface area (Å²) in [7, 11) is 0. The van der Waals surface area contributed by atoms with Crippen molar-refractivity contribution in [3.8, 4) is 28.2 Å². The van der Waals surface area contributed by atoms with E-state index < -0.39 is 0 Å². The molecule has 0 radical (unpaired) electrons. The number of fused-ring (bicyclic) bond motifs is 9. The van der Waals surface area contributed by atoms with Crippen molar-refractivity contribution < 1.29 is 0 Å². The SMILES string of the molecule is c1ccc(-c2nc3c(-c4c5c(cc6c4[Se]c4cc(N(c7ccccc7)c7ccccc7)cc7c4B6c4ccccc4N7c4ccccc4)B4c6ccccc6N(c6ccccc6)c6cc(N(c7ccccc7)c7ccccc7)cc(c64)[Se]5)cccc3n2-c2ccccc2)cc1. The molecule has 19 rings (SSSR count). The van der Waals surface area contributed by atoms with Crippen molar-refractivity contribution in [2.24, 2.45) is 0 Å². The number of rotatable bonds is 11. The summed E-state index contributed by atoms with van der Waals surface area (Å²) in [4.78, 5) is 16.0. The summed E-state index contributed by atoms with van der Waals surface area (Å²) >= 11 is -0.489. The van der Waals surface area contributed by atoms with E-state index in [4.69, 9.17) is 4.98 Å². The first-order valence-electron chi connectivity index (χ1n) is 32.4. The average Bonchev–Trinajstić information content (AvgIpc) is 0.877. The van der Waals surface area contributed by atoms with Gasteiger partial charge in [0.05, 0.1) is 0 Å². The monoisotopic (exact) mass is 1340 g/mol. The minimum atomic E-state index is -0.244. The fraction of sp³-hybridized carbons (Fsp3) is 0. The molecule has 15 aromatic rings. The summed E-state index contributed by atoms with van der Waals surface area (Å²) < 4.78 is 7.97. The first-order valence-corrected chi connectivity index (χ1v) is 35.8. The van der Waals surface area contributed by atoms with Crippen molar-refractivity contribution in [3.63, 3.8) is 0 Å². The van der Waals surface area contributed by atoms with Gasteiger partial charge in [0, 0.05) is 0 Å². The predicted molar refractivity (Wildman–Crippen MR) is 403 cm³/mol. The normalized spacial score (nSPS) is 12.9. The van der Waals surface area contributed by atoms with Gasteiger partial charge < -0.3 is 0 Å². The van der Waals surface area contributed by atoms with Gasteiger partial charge in [-0.05, 0) is 0 Å². The van der Waals surface area contributed by atoms with Gasteiger partial charge in [-0.1, -0.05) is 0 Å². The molecule has 1 aromatic heterocycles. The molecule has 14 aromatic carbocycles. The fourth-order valence-corrected chi connectivity index (χ4v) is 21.3. The van der Waals surface area contributed by atoms with Crippen LogP contribution in [0.2, 0.25) is 0 Å². The van der Waals surface area contributed by atoms with Crippen LogP contribution in [0.5, 0.6) is 0 Å². The number of imidazole rings is 1. The van der Waals surface area contributed by atoms with E-state index >= 15 is 0 Å². The number of nitrogens with zero attached hydrogens (tertiary/aromatic N) is 6. The van der Waals surface area contributed by atoms with Gasteiger partial charge in [0.15, 0.2) is 0 Å². The molecule has 0 unspecified atom stereocenters. The number of anilines is 12. The molecule has 4 aliphatic rings. The van der Waals surface area contributed by atoms with E-state index in [-0.39, 0.29) is 43.3 Å². The topological polar surface area (TPSA) is 30.8 Å². The molecule has 10 heteroatoms. The van der Waals surface area contributed by atoms with Gasteiger partial charge in [0.2, 0.25) is 0 Å². The molecule has 0 amide bonds. The molecular weight excluding hydrogens is 1280 g/mol. The molecular formula is C85H56B2N6Se2. The maximum absolute atomic E-state index is 5.97. The quantitative estimate of drug-likeness (QED) is 0.120. The van der Waals surface area contributed by atoms with Crippen LogP contribution in [0.15, 0.2) is 340 Å². The van der Waals surface area contributed by atoms with Crippen molar-refractivity contribution >= 4 is 173 Å².